The summed E-state index contributed by atoms with van der Waals surface area (Å²) in [5.41, 5.74) is 2.95. The van der Waals surface area contributed by atoms with Crippen molar-refractivity contribution in [3.05, 3.63) is 96.2 Å². The number of aromatic nitrogens is 1. The van der Waals surface area contributed by atoms with Crippen LogP contribution in [-0.2, 0) is 30.7 Å². The van der Waals surface area contributed by atoms with E-state index in [4.69, 9.17) is 28.8 Å². The number of hydrogen-bond acceptors (Lipinski definition) is 11. The molecule has 0 radical (unpaired) electrons. The SMILES string of the molecule is COc1cc(Nc2cc(Oc3ccc(NC(=O)Nc4cc(C(C)(C)C)cc(NS(C)=O)c4OC)c4ccccc34)ccn2)cc(C(=O)NCCOCCOCC(=O)O)c1. The summed E-state index contributed by atoms with van der Waals surface area (Å²) >= 11 is 0. The van der Waals surface area contributed by atoms with Crippen molar-refractivity contribution >= 4 is 68.2 Å². The van der Waals surface area contributed by atoms with E-state index in [-0.39, 0.29) is 37.7 Å². The number of urea groups is 1. The molecule has 0 saturated heterocycles. The van der Waals surface area contributed by atoms with Crippen molar-refractivity contribution in [2.75, 3.05) is 74.1 Å². The van der Waals surface area contributed by atoms with E-state index in [1.165, 1.54) is 20.5 Å². The van der Waals surface area contributed by atoms with Gasteiger partial charge in [0, 0.05) is 53.2 Å². The molecule has 0 aliphatic rings. The molecule has 312 valence electrons. The molecule has 0 spiro atoms. The standard InChI is InChI=1S/C42H48N6O10S/c1-42(2,3)27-21-34(39(55-5)35(22-27)48-59(6)53)47-41(52)46-33-11-12-36(32-10-8-7-9-31(32)33)58-29-13-14-43-37(24-29)45-28-19-26(20-30(23-28)54-4)40(51)44-15-16-56-17-18-57-25-38(49)50/h7-14,19-24,48H,15-18,25H2,1-6H3,(H,43,45)(H,44,51)(H,49,50)(H2,46,47,52). The normalized spacial score (nSPS) is 11.6. The van der Waals surface area contributed by atoms with Gasteiger partial charge in [0.2, 0.25) is 0 Å². The summed E-state index contributed by atoms with van der Waals surface area (Å²) in [7, 11) is 1.61. The number of carbonyl (C=O) groups excluding carboxylic acids is 2. The molecule has 5 aromatic rings. The zero-order chi connectivity index (χ0) is 42.5. The molecule has 0 saturated carbocycles. The van der Waals surface area contributed by atoms with E-state index in [1.807, 2.05) is 57.2 Å². The fraction of sp³-hybridized carbons (Fsp3) is 0.286. The minimum Gasteiger partial charge on any atom is -0.497 e. The quantitative estimate of drug-likeness (QED) is 0.0454. The van der Waals surface area contributed by atoms with Crippen molar-refractivity contribution in [1.82, 2.24) is 10.3 Å². The van der Waals surface area contributed by atoms with Crippen molar-refractivity contribution in [3.8, 4) is 23.0 Å². The van der Waals surface area contributed by atoms with E-state index in [9.17, 15) is 18.6 Å². The number of benzene rings is 4. The van der Waals surface area contributed by atoms with Gasteiger partial charge < -0.3 is 54.8 Å². The van der Waals surface area contributed by atoms with Gasteiger partial charge in [-0.2, -0.15) is 0 Å². The second-order valence-corrected chi connectivity index (χ2v) is 15.1. The smallest absolute Gasteiger partial charge is 0.329 e. The Morgan fingerprint density at radius 2 is 1.53 bits per heavy atom. The molecule has 0 bridgehead atoms. The Morgan fingerprint density at radius 1 is 0.797 bits per heavy atom. The lowest BCUT2D eigenvalue weighted by atomic mass is 9.86. The Morgan fingerprint density at radius 3 is 2.24 bits per heavy atom. The number of nitrogens with one attached hydrogen (secondary N) is 5. The van der Waals surface area contributed by atoms with Gasteiger partial charge in [-0.15, -0.1) is 0 Å². The van der Waals surface area contributed by atoms with Gasteiger partial charge in [0.1, 0.15) is 40.7 Å². The highest BCUT2D eigenvalue weighted by Crippen LogP contribution is 2.40. The van der Waals surface area contributed by atoms with Crippen molar-refractivity contribution in [1.29, 1.82) is 0 Å². The number of amides is 3. The first-order valence-electron chi connectivity index (χ1n) is 18.4. The Bertz CT molecular complexity index is 2320. The van der Waals surface area contributed by atoms with Gasteiger partial charge in [0.05, 0.1) is 51.1 Å². The van der Waals surface area contributed by atoms with Crippen LogP contribution in [0.3, 0.4) is 0 Å². The molecule has 0 aliphatic heterocycles. The Kier molecular flexibility index (Phi) is 15.0. The number of anilines is 5. The number of carbonyl (C=O) groups is 3. The first-order valence-corrected chi connectivity index (χ1v) is 20.0. The summed E-state index contributed by atoms with van der Waals surface area (Å²) in [4.78, 5) is 41.4. The molecule has 1 unspecified atom stereocenters. The number of nitrogens with zero attached hydrogens (tertiary/aromatic N) is 1. The molecule has 16 nitrogen and oxygen atoms in total. The molecule has 4 aromatic carbocycles. The summed E-state index contributed by atoms with van der Waals surface area (Å²) < 4.78 is 42.7. The van der Waals surface area contributed by atoms with Gasteiger partial charge in [-0.25, -0.2) is 18.8 Å². The van der Waals surface area contributed by atoms with Crippen LogP contribution in [0, 0.1) is 0 Å². The van der Waals surface area contributed by atoms with Crippen LogP contribution in [0.1, 0.15) is 36.7 Å². The van der Waals surface area contributed by atoms with Crippen molar-refractivity contribution < 1.29 is 47.4 Å². The average Bonchev–Trinajstić information content (AvgIpc) is 3.19. The minimum atomic E-state index is -1.38. The third kappa shape index (κ3) is 12.5. The first kappa shape index (κ1) is 43.7. The lowest BCUT2D eigenvalue weighted by molar-refractivity contribution is -0.142. The Labute approximate surface area is 344 Å². The molecule has 3 amide bonds. The number of carboxylic acids is 1. The van der Waals surface area contributed by atoms with Crippen molar-refractivity contribution in [2.24, 2.45) is 0 Å². The highest BCUT2D eigenvalue weighted by molar-refractivity contribution is 7.85. The molecular formula is C42H48N6O10S. The summed E-state index contributed by atoms with van der Waals surface area (Å²) in [6, 6.07) is 22.6. The number of ether oxygens (including phenoxy) is 5. The predicted molar refractivity (Wildman–Crippen MR) is 228 cm³/mol. The van der Waals surface area contributed by atoms with E-state index in [2.05, 4.69) is 31.0 Å². The number of rotatable bonds is 19. The fourth-order valence-electron chi connectivity index (χ4n) is 5.81. The molecule has 1 heterocycles. The predicted octanol–water partition coefficient (Wildman–Crippen LogP) is 7.28. The van der Waals surface area contributed by atoms with Crippen LogP contribution in [0.5, 0.6) is 23.0 Å². The van der Waals surface area contributed by atoms with E-state index in [1.54, 1.807) is 48.7 Å². The number of pyridine rings is 1. The third-order valence-electron chi connectivity index (χ3n) is 8.56. The maximum absolute atomic E-state index is 13.5. The second kappa shape index (κ2) is 20.3. The van der Waals surface area contributed by atoms with E-state index < -0.39 is 29.6 Å². The topological polar surface area (TPSA) is 208 Å². The molecule has 17 heteroatoms. The number of carboxylic acid groups (broad SMARTS) is 1. The monoisotopic (exact) mass is 828 g/mol. The summed E-state index contributed by atoms with van der Waals surface area (Å²) in [5, 5.41) is 21.9. The Hall–Kier alpha value is -6.43. The first-order chi connectivity index (χ1) is 28.2. The lowest BCUT2D eigenvalue weighted by Gasteiger charge is -2.24. The van der Waals surface area contributed by atoms with E-state index in [0.717, 1.165) is 16.3 Å². The third-order valence-corrected chi connectivity index (χ3v) is 9.07. The van der Waals surface area contributed by atoms with Gasteiger partial charge in [0.15, 0.2) is 5.75 Å². The highest BCUT2D eigenvalue weighted by Gasteiger charge is 2.22. The molecule has 5 rings (SSSR count). The van der Waals surface area contributed by atoms with Crippen molar-refractivity contribution in [2.45, 2.75) is 26.2 Å². The lowest BCUT2D eigenvalue weighted by Crippen LogP contribution is -2.27. The van der Waals surface area contributed by atoms with E-state index >= 15 is 0 Å². The highest BCUT2D eigenvalue weighted by atomic mass is 32.2. The second-order valence-electron chi connectivity index (χ2n) is 14.0. The summed E-state index contributed by atoms with van der Waals surface area (Å²) in [6.07, 6.45) is 3.10. The van der Waals surface area contributed by atoms with Crippen LogP contribution in [0.4, 0.5) is 33.4 Å². The molecule has 1 aromatic heterocycles. The minimum absolute atomic E-state index is 0.128. The largest absolute Gasteiger partial charge is 0.497 e. The molecule has 6 N–H and O–H groups in total. The van der Waals surface area contributed by atoms with E-state index in [0.29, 0.717) is 57.1 Å². The van der Waals surface area contributed by atoms with Crippen LogP contribution in [-0.4, -0.2) is 85.7 Å². The van der Waals surface area contributed by atoms with Gasteiger partial charge in [-0.3, -0.25) is 4.79 Å². The van der Waals surface area contributed by atoms with Crippen LogP contribution in [0.15, 0.2) is 85.1 Å². The number of fused-ring (bicyclic) bond motifs is 1. The number of hydrogen-bond donors (Lipinski definition) is 6. The maximum atomic E-state index is 13.5. The number of methoxy groups -OCH3 is 2. The molecule has 1 atom stereocenters. The van der Waals surface area contributed by atoms with Gasteiger partial charge >= 0.3 is 12.0 Å². The average molecular weight is 829 g/mol. The molecule has 0 aliphatic carbocycles. The maximum Gasteiger partial charge on any atom is 0.329 e. The van der Waals surface area contributed by atoms with Gasteiger partial charge in [-0.05, 0) is 53.4 Å². The fourth-order valence-corrected chi connectivity index (χ4v) is 6.27. The van der Waals surface area contributed by atoms with Crippen LogP contribution < -0.4 is 40.2 Å². The van der Waals surface area contributed by atoms with Gasteiger partial charge in [-0.1, -0.05) is 45.0 Å². The van der Waals surface area contributed by atoms with Crippen LogP contribution >= 0.6 is 0 Å². The number of aliphatic carboxylic acids is 1. The van der Waals surface area contributed by atoms with Crippen molar-refractivity contribution in [3.63, 3.8) is 0 Å². The van der Waals surface area contributed by atoms with Gasteiger partial charge in [0.25, 0.3) is 5.91 Å². The van der Waals surface area contributed by atoms with Crippen LogP contribution in [0.2, 0.25) is 0 Å². The summed E-state index contributed by atoms with van der Waals surface area (Å²) in [5.74, 6) is 0.831. The van der Waals surface area contributed by atoms with Crippen LogP contribution in [0.25, 0.3) is 10.8 Å². The molecule has 0 fully saturated rings. The zero-order valence-electron chi connectivity index (χ0n) is 33.6. The molecular weight excluding hydrogens is 781 g/mol. The summed E-state index contributed by atoms with van der Waals surface area (Å²) in [6.45, 7) is 6.48. The Balaban J connectivity index is 1.27. The molecule has 59 heavy (non-hydrogen) atoms. The zero-order valence-corrected chi connectivity index (χ0v) is 34.4.